The zero-order chi connectivity index (χ0) is 10.7. The van der Waals surface area contributed by atoms with Crippen LogP contribution in [0, 0.1) is 6.42 Å². The van der Waals surface area contributed by atoms with Crippen molar-refractivity contribution in [3.05, 3.63) is 53.8 Å². The van der Waals surface area contributed by atoms with Crippen molar-refractivity contribution in [1.29, 1.82) is 0 Å². The molecular weight excluding hydrogens is 211 g/mol. The number of benzene rings is 1. The molecule has 15 heavy (non-hydrogen) atoms. The van der Waals surface area contributed by atoms with Crippen molar-refractivity contribution in [3.63, 3.8) is 0 Å². The van der Waals surface area contributed by atoms with Gasteiger partial charge in [-0.25, -0.2) is 4.39 Å². The lowest BCUT2D eigenvalue weighted by atomic mass is 10.2. The van der Waals surface area contributed by atoms with Gasteiger partial charge >= 0.3 is 0 Å². The first-order chi connectivity index (χ1) is 7.25. The molecule has 3 heteroatoms. The molecular formula is C12H10FOS. The van der Waals surface area contributed by atoms with Crippen molar-refractivity contribution in [2.75, 3.05) is 0 Å². The van der Waals surface area contributed by atoms with Crippen molar-refractivity contribution in [2.24, 2.45) is 0 Å². The molecule has 1 unspecified atom stereocenters. The zero-order valence-electron chi connectivity index (χ0n) is 7.93. The van der Waals surface area contributed by atoms with E-state index in [4.69, 9.17) is 5.11 Å². The maximum atomic E-state index is 12.3. The topological polar surface area (TPSA) is 20.2 Å². The Morgan fingerprint density at radius 3 is 2.53 bits per heavy atom. The fourth-order valence-corrected chi connectivity index (χ4v) is 2.30. The predicted octanol–water partition coefficient (Wildman–Crippen LogP) is 3.26. The fourth-order valence-electron chi connectivity index (χ4n) is 1.34. The van der Waals surface area contributed by atoms with Gasteiger partial charge in [0, 0.05) is 9.75 Å². The average molecular weight is 221 g/mol. The van der Waals surface area contributed by atoms with Gasteiger partial charge in [-0.2, -0.15) is 0 Å². The van der Waals surface area contributed by atoms with Crippen molar-refractivity contribution in [2.45, 2.75) is 6.36 Å². The molecule has 0 aliphatic heterocycles. The molecule has 0 spiro atoms. The van der Waals surface area contributed by atoms with Gasteiger partial charge in [-0.05, 0) is 17.7 Å². The summed E-state index contributed by atoms with van der Waals surface area (Å²) in [7, 11) is 0. The van der Waals surface area contributed by atoms with E-state index in [1.54, 1.807) is 6.07 Å². The maximum absolute atomic E-state index is 12.3. The van der Waals surface area contributed by atoms with E-state index in [9.17, 15) is 4.39 Å². The Balaban J connectivity index is 2.21. The Morgan fingerprint density at radius 1 is 1.13 bits per heavy atom. The standard InChI is InChI=1S/C12H10FOS/c13-12(14)8-10-6-7-11(15-10)9-4-2-1-3-5-9/h1-8,12,14H. The molecule has 0 amide bonds. The summed E-state index contributed by atoms with van der Waals surface area (Å²) in [4.78, 5) is 1.81. The van der Waals surface area contributed by atoms with Gasteiger partial charge in [0.2, 0.25) is 6.36 Å². The Kier molecular flexibility index (Phi) is 3.14. The molecule has 2 rings (SSSR count). The minimum absolute atomic E-state index is 0.740. The van der Waals surface area contributed by atoms with Crippen LogP contribution < -0.4 is 0 Å². The van der Waals surface area contributed by atoms with Gasteiger partial charge in [0.05, 0.1) is 6.42 Å². The van der Waals surface area contributed by atoms with Gasteiger partial charge in [0.1, 0.15) is 0 Å². The van der Waals surface area contributed by atoms with E-state index in [2.05, 4.69) is 0 Å². The number of aliphatic hydroxyl groups is 1. The number of alkyl halides is 1. The Labute approximate surface area is 91.8 Å². The smallest absolute Gasteiger partial charge is 0.204 e. The van der Waals surface area contributed by atoms with E-state index < -0.39 is 6.36 Å². The molecule has 0 fully saturated rings. The predicted molar refractivity (Wildman–Crippen MR) is 60.3 cm³/mol. The first kappa shape index (κ1) is 10.3. The molecule has 1 aromatic carbocycles. The Bertz CT molecular complexity index is 422. The molecule has 0 bridgehead atoms. The summed E-state index contributed by atoms with van der Waals surface area (Å²) < 4.78 is 12.3. The van der Waals surface area contributed by atoms with Crippen LogP contribution in [0.1, 0.15) is 4.88 Å². The zero-order valence-corrected chi connectivity index (χ0v) is 8.75. The highest BCUT2D eigenvalue weighted by Gasteiger charge is 2.07. The van der Waals surface area contributed by atoms with Gasteiger partial charge in [0.15, 0.2) is 0 Å². The maximum Gasteiger partial charge on any atom is 0.204 e. The summed E-state index contributed by atoms with van der Waals surface area (Å²) in [6.45, 7) is 0. The Morgan fingerprint density at radius 2 is 1.87 bits per heavy atom. The molecule has 1 aromatic heterocycles. The first-order valence-corrected chi connectivity index (χ1v) is 5.39. The van der Waals surface area contributed by atoms with Crippen LogP contribution in [0.25, 0.3) is 10.4 Å². The van der Waals surface area contributed by atoms with Crippen LogP contribution in [0.5, 0.6) is 0 Å². The molecule has 0 saturated heterocycles. The third-order valence-electron chi connectivity index (χ3n) is 1.99. The summed E-state index contributed by atoms with van der Waals surface area (Å²) in [6.07, 6.45) is -0.691. The second-order valence-corrected chi connectivity index (χ2v) is 4.22. The lowest BCUT2D eigenvalue weighted by Gasteiger charge is -1.96. The van der Waals surface area contributed by atoms with Crippen LogP contribution >= 0.6 is 11.3 Å². The number of rotatable bonds is 3. The lowest BCUT2D eigenvalue weighted by molar-refractivity contribution is 0.0764. The molecule has 1 nitrogen and oxygen atoms in total. The summed E-state index contributed by atoms with van der Waals surface area (Å²) in [5.74, 6) is 0. The van der Waals surface area contributed by atoms with Crippen LogP contribution in [-0.2, 0) is 0 Å². The van der Waals surface area contributed by atoms with Crippen molar-refractivity contribution in [3.8, 4) is 10.4 Å². The lowest BCUT2D eigenvalue weighted by Crippen LogP contribution is -1.96. The SMILES string of the molecule is OC(F)[CH]c1ccc(-c2ccccc2)s1. The normalized spacial score (nSPS) is 12.7. The molecule has 2 aromatic rings. The van der Waals surface area contributed by atoms with Gasteiger partial charge in [-0.15, -0.1) is 11.3 Å². The summed E-state index contributed by atoms with van der Waals surface area (Å²) in [6, 6.07) is 13.6. The largest absolute Gasteiger partial charge is 0.364 e. The van der Waals surface area contributed by atoms with Crippen LogP contribution in [0.15, 0.2) is 42.5 Å². The third kappa shape index (κ3) is 2.64. The van der Waals surface area contributed by atoms with Crippen molar-refractivity contribution >= 4 is 11.3 Å². The second-order valence-electron chi connectivity index (χ2n) is 3.11. The van der Waals surface area contributed by atoms with Crippen LogP contribution in [0.4, 0.5) is 4.39 Å². The van der Waals surface area contributed by atoms with E-state index in [0.717, 1.165) is 15.3 Å². The number of hydrogen-bond donors (Lipinski definition) is 1. The van der Waals surface area contributed by atoms with Crippen LogP contribution in [-0.4, -0.2) is 11.5 Å². The van der Waals surface area contributed by atoms with Crippen molar-refractivity contribution in [1.82, 2.24) is 0 Å². The van der Waals surface area contributed by atoms with Crippen molar-refractivity contribution < 1.29 is 9.50 Å². The number of thiophene rings is 1. The number of aliphatic hydroxyl groups excluding tert-OH is 1. The van der Waals surface area contributed by atoms with Gasteiger partial charge in [0.25, 0.3) is 0 Å². The first-order valence-electron chi connectivity index (χ1n) is 4.58. The highest BCUT2D eigenvalue weighted by atomic mass is 32.1. The van der Waals surface area contributed by atoms with E-state index in [1.165, 1.54) is 17.8 Å². The minimum Gasteiger partial charge on any atom is -0.364 e. The van der Waals surface area contributed by atoms with Gasteiger partial charge in [-0.3, -0.25) is 0 Å². The molecule has 0 aliphatic rings. The summed E-state index contributed by atoms with van der Waals surface area (Å²) >= 11 is 1.46. The van der Waals surface area contributed by atoms with Gasteiger partial charge in [-0.1, -0.05) is 30.3 Å². The van der Waals surface area contributed by atoms with Gasteiger partial charge < -0.3 is 5.11 Å². The summed E-state index contributed by atoms with van der Waals surface area (Å²) in [5, 5.41) is 8.57. The molecule has 1 heterocycles. The quantitative estimate of drug-likeness (QED) is 0.843. The average Bonchev–Trinajstić information content (AvgIpc) is 2.67. The summed E-state index contributed by atoms with van der Waals surface area (Å²) in [5.41, 5.74) is 1.11. The third-order valence-corrected chi connectivity index (χ3v) is 3.09. The molecule has 0 aliphatic carbocycles. The monoisotopic (exact) mass is 221 g/mol. The molecule has 1 N–H and O–H groups in total. The number of hydrogen-bond acceptors (Lipinski definition) is 2. The van der Waals surface area contributed by atoms with E-state index >= 15 is 0 Å². The number of halogens is 1. The Hall–Kier alpha value is -1.19. The van der Waals surface area contributed by atoms with Crippen LogP contribution in [0.2, 0.25) is 0 Å². The van der Waals surface area contributed by atoms with Crippen LogP contribution in [0.3, 0.4) is 0 Å². The highest BCUT2D eigenvalue weighted by molar-refractivity contribution is 7.15. The molecule has 77 valence electrons. The minimum atomic E-state index is -1.88. The molecule has 1 atom stereocenters. The van der Waals surface area contributed by atoms with E-state index in [0.29, 0.717) is 0 Å². The second kappa shape index (κ2) is 4.55. The van der Waals surface area contributed by atoms with E-state index in [1.807, 2.05) is 36.4 Å². The fraction of sp³-hybridized carbons (Fsp3) is 0.0833. The van der Waals surface area contributed by atoms with E-state index in [-0.39, 0.29) is 0 Å². The molecule has 1 radical (unpaired) electrons. The molecule has 0 saturated carbocycles. The highest BCUT2D eigenvalue weighted by Crippen LogP contribution is 2.29.